The molecule has 1 aliphatic carbocycles. The van der Waals surface area contributed by atoms with Crippen LogP contribution in [0.2, 0.25) is 0 Å². The minimum Gasteiger partial charge on any atom is -0.378 e. The van der Waals surface area contributed by atoms with Crippen molar-refractivity contribution in [3.63, 3.8) is 0 Å². The van der Waals surface area contributed by atoms with Crippen molar-refractivity contribution in [2.24, 2.45) is 11.8 Å². The van der Waals surface area contributed by atoms with Gasteiger partial charge in [0, 0.05) is 12.6 Å². The Hall–Kier alpha value is -0.0800. The summed E-state index contributed by atoms with van der Waals surface area (Å²) in [6.45, 7) is 7.56. The van der Waals surface area contributed by atoms with Gasteiger partial charge in [-0.3, -0.25) is 0 Å². The molecule has 1 aliphatic rings. The van der Waals surface area contributed by atoms with Crippen LogP contribution >= 0.6 is 0 Å². The van der Waals surface area contributed by atoms with Crippen molar-refractivity contribution in [1.29, 1.82) is 0 Å². The summed E-state index contributed by atoms with van der Waals surface area (Å²) in [5.41, 5.74) is 0. The number of ether oxygens (including phenoxy) is 1. The molecule has 0 radical (unpaired) electrons. The third-order valence-electron chi connectivity index (χ3n) is 3.38. The van der Waals surface area contributed by atoms with Gasteiger partial charge >= 0.3 is 0 Å². The maximum Gasteiger partial charge on any atom is 0.0580 e. The molecule has 0 bridgehead atoms. The van der Waals surface area contributed by atoms with Crippen molar-refractivity contribution < 1.29 is 4.74 Å². The van der Waals surface area contributed by atoms with Crippen LogP contribution in [0.4, 0.5) is 0 Å². The molecule has 15 heavy (non-hydrogen) atoms. The van der Waals surface area contributed by atoms with Crippen LogP contribution in [0.3, 0.4) is 0 Å². The van der Waals surface area contributed by atoms with E-state index in [0.717, 1.165) is 18.4 Å². The molecule has 1 saturated carbocycles. The quantitative estimate of drug-likeness (QED) is 0.702. The third-order valence-corrected chi connectivity index (χ3v) is 3.38. The lowest BCUT2D eigenvalue weighted by Gasteiger charge is -2.37. The van der Waals surface area contributed by atoms with Crippen molar-refractivity contribution in [3.05, 3.63) is 0 Å². The molecular formula is C13H27NO. The van der Waals surface area contributed by atoms with E-state index in [4.69, 9.17) is 4.74 Å². The second-order valence-electron chi connectivity index (χ2n) is 5.27. The Morgan fingerprint density at radius 3 is 2.47 bits per heavy atom. The van der Waals surface area contributed by atoms with E-state index in [1.807, 2.05) is 0 Å². The topological polar surface area (TPSA) is 21.3 Å². The predicted molar refractivity (Wildman–Crippen MR) is 65.1 cm³/mol. The maximum atomic E-state index is 5.58. The smallest absolute Gasteiger partial charge is 0.0580 e. The first-order chi connectivity index (χ1) is 7.15. The Morgan fingerprint density at radius 1 is 1.33 bits per heavy atom. The molecule has 1 atom stereocenters. The standard InChI is InChI=1S/C13H27NO/c1-5-15-13-8-11(9-13)7-12(14-4)6-10(2)3/h10-14H,5-9H2,1-4H3. The van der Waals surface area contributed by atoms with Gasteiger partial charge in [0.1, 0.15) is 0 Å². The van der Waals surface area contributed by atoms with Crippen molar-refractivity contribution in [3.8, 4) is 0 Å². The first kappa shape index (κ1) is 13.0. The summed E-state index contributed by atoms with van der Waals surface area (Å²) in [5.74, 6) is 1.70. The SMILES string of the molecule is CCOC1CC(CC(CC(C)C)NC)C1. The molecule has 0 heterocycles. The summed E-state index contributed by atoms with van der Waals surface area (Å²) in [5, 5.41) is 3.44. The van der Waals surface area contributed by atoms with E-state index in [1.54, 1.807) is 0 Å². The van der Waals surface area contributed by atoms with Gasteiger partial charge in [0.2, 0.25) is 0 Å². The molecule has 0 amide bonds. The lowest BCUT2D eigenvalue weighted by molar-refractivity contribution is -0.0293. The van der Waals surface area contributed by atoms with Crippen LogP contribution in [-0.4, -0.2) is 25.8 Å². The highest BCUT2D eigenvalue weighted by Gasteiger charge is 2.31. The monoisotopic (exact) mass is 213 g/mol. The number of hydrogen-bond acceptors (Lipinski definition) is 2. The summed E-state index contributed by atoms with van der Waals surface area (Å²) in [6.07, 6.45) is 5.76. The number of nitrogens with one attached hydrogen (secondary N) is 1. The molecule has 1 N–H and O–H groups in total. The highest BCUT2D eigenvalue weighted by Crippen LogP contribution is 2.34. The van der Waals surface area contributed by atoms with Gasteiger partial charge in [0.25, 0.3) is 0 Å². The maximum absolute atomic E-state index is 5.58. The van der Waals surface area contributed by atoms with Gasteiger partial charge in [0.15, 0.2) is 0 Å². The molecule has 0 aromatic rings. The molecule has 1 unspecified atom stereocenters. The lowest BCUT2D eigenvalue weighted by Crippen LogP contribution is -2.37. The Morgan fingerprint density at radius 2 is 2.00 bits per heavy atom. The van der Waals surface area contributed by atoms with Gasteiger partial charge in [-0.2, -0.15) is 0 Å². The van der Waals surface area contributed by atoms with E-state index in [1.165, 1.54) is 25.7 Å². The first-order valence-corrected chi connectivity index (χ1v) is 6.44. The van der Waals surface area contributed by atoms with E-state index in [9.17, 15) is 0 Å². The fraction of sp³-hybridized carbons (Fsp3) is 1.00. The van der Waals surface area contributed by atoms with Gasteiger partial charge in [-0.25, -0.2) is 0 Å². The highest BCUT2D eigenvalue weighted by atomic mass is 16.5. The third kappa shape index (κ3) is 4.52. The summed E-state index contributed by atoms with van der Waals surface area (Å²) in [4.78, 5) is 0. The summed E-state index contributed by atoms with van der Waals surface area (Å²) < 4.78 is 5.58. The molecule has 0 aromatic heterocycles. The summed E-state index contributed by atoms with van der Waals surface area (Å²) >= 11 is 0. The molecular weight excluding hydrogens is 186 g/mol. The average Bonchev–Trinajstić information content (AvgIpc) is 2.12. The highest BCUT2D eigenvalue weighted by molar-refractivity contribution is 4.84. The van der Waals surface area contributed by atoms with Gasteiger partial charge in [-0.1, -0.05) is 13.8 Å². The average molecular weight is 213 g/mol. The van der Waals surface area contributed by atoms with Crippen LogP contribution in [0.25, 0.3) is 0 Å². The first-order valence-electron chi connectivity index (χ1n) is 6.44. The Labute approximate surface area is 94.8 Å². The second kappa shape index (κ2) is 6.49. The fourth-order valence-electron chi connectivity index (χ4n) is 2.54. The lowest BCUT2D eigenvalue weighted by atomic mass is 9.77. The van der Waals surface area contributed by atoms with Crippen LogP contribution in [-0.2, 0) is 4.74 Å². The minimum atomic E-state index is 0.566. The van der Waals surface area contributed by atoms with Gasteiger partial charge in [-0.15, -0.1) is 0 Å². The predicted octanol–water partition coefficient (Wildman–Crippen LogP) is 2.83. The Bertz CT molecular complexity index is 164. The molecule has 2 nitrogen and oxygen atoms in total. The zero-order chi connectivity index (χ0) is 11.3. The van der Waals surface area contributed by atoms with E-state index < -0.39 is 0 Å². The summed E-state index contributed by atoms with van der Waals surface area (Å²) in [7, 11) is 2.09. The van der Waals surface area contributed by atoms with Crippen LogP contribution < -0.4 is 5.32 Å². The number of hydrogen-bond donors (Lipinski definition) is 1. The zero-order valence-corrected chi connectivity index (χ0v) is 10.8. The molecule has 0 spiro atoms. The largest absolute Gasteiger partial charge is 0.378 e. The molecule has 90 valence electrons. The molecule has 0 saturated heterocycles. The second-order valence-corrected chi connectivity index (χ2v) is 5.27. The molecule has 1 rings (SSSR count). The van der Waals surface area contributed by atoms with Crippen LogP contribution in [0.5, 0.6) is 0 Å². The fourth-order valence-corrected chi connectivity index (χ4v) is 2.54. The number of rotatable bonds is 7. The normalized spacial score (nSPS) is 27.8. The van der Waals surface area contributed by atoms with E-state index in [2.05, 4.69) is 33.1 Å². The Balaban J connectivity index is 2.13. The minimum absolute atomic E-state index is 0.566. The molecule has 2 heteroatoms. The molecule has 0 aromatic carbocycles. The van der Waals surface area contributed by atoms with Crippen LogP contribution in [0, 0.1) is 11.8 Å². The van der Waals surface area contributed by atoms with Crippen molar-refractivity contribution >= 4 is 0 Å². The van der Waals surface area contributed by atoms with E-state index in [0.29, 0.717) is 12.1 Å². The molecule has 1 fully saturated rings. The van der Waals surface area contributed by atoms with Crippen molar-refractivity contribution in [2.45, 2.75) is 58.6 Å². The van der Waals surface area contributed by atoms with Crippen LogP contribution in [0.15, 0.2) is 0 Å². The zero-order valence-electron chi connectivity index (χ0n) is 10.8. The summed E-state index contributed by atoms with van der Waals surface area (Å²) in [6, 6.07) is 0.706. The van der Waals surface area contributed by atoms with Crippen molar-refractivity contribution in [2.75, 3.05) is 13.7 Å². The van der Waals surface area contributed by atoms with Gasteiger partial charge in [-0.05, 0) is 51.5 Å². The van der Waals surface area contributed by atoms with Crippen LogP contribution in [0.1, 0.15) is 46.5 Å². The van der Waals surface area contributed by atoms with E-state index in [-0.39, 0.29) is 0 Å². The Kier molecular flexibility index (Phi) is 5.62. The van der Waals surface area contributed by atoms with Gasteiger partial charge in [0.05, 0.1) is 6.10 Å². The van der Waals surface area contributed by atoms with Crippen molar-refractivity contribution in [1.82, 2.24) is 5.32 Å². The van der Waals surface area contributed by atoms with E-state index >= 15 is 0 Å². The van der Waals surface area contributed by atoms with Gasteiger partial charge < -0.3 is 10.1 Å². The molecule has 0 aliphatic heterocycles.